The Balaban J connectivity index is 1.99. The summed E-state index contributed by atoms with van der Waals surface area (Å²) in [6.07, 6.45) is 5.91. The van der Waals surface area contributed by atoms with Crippen LogP contribution < -0.4 is 5.73 Å². The average molecular weight is 344 g/mol. The minimum absolute atomic E-state index is 0.0682. The lowest BCUT2D eigenvalue weighted by Crippen LogP contribution is -2.32. The average Bonchev–Trinajstić information content (AvgIpc) is 2.66. The summed E-state index contributed by atoms with van der Waals surface area (Å²) in [5.41, 5.74) is 9.88. The van der Waals surface area contributed by atoms with Crippen molar-refractivity contribution in [2.75, 3.05) is 0 Å². The van der Waals surface area contributed by atoms with Crippen LogP contribution in [0.25, 0.3) is 0 Å². The Morgan fingerprint density at radius 1 is 1.08 bits per heavy atom. The molecule has 0 bridgehead atoms. The topological polar surface area (TPSA) is 86.0 Å². The first-order valence-electron chi connectivity index (χ1n) is 8.72. The molecule has 1 heterocycles. The van der Waals surface area contributed by atoms with Crippen molar-refractivity contribution in [2.45, 2.75) is 31.6 Å². The van der Waals surface area contributed by atoms with Crippen LogP contribution in [0, 0.1) is 34.4 Å². The second kappa shape index (κ2) is 6.28. The highest BCUT2D eigenvalue weighted by molar-refractivity contribution is 6.04. The molecule has 0 amide bonds. The largest absolute Gasteiger partial charge is 0.383 e. The van der Waals surface area contributed by atoms with Crippen LogP contribution in [0.1, 0.15) is 37.2 Å². The summed E-state index contributed by atoms with van der Waals surface area (Å²) < 4.78 is 14.7. The minimum atomic E-state index is -0.462. The number of nitrogens with two attached hydrogens (primary N) is 1. The predicted molar refractivity (Wildman–Crippen MR) is 96.1 cm³/mol. The highest BCUT2D eigenvalue weighted by Crippen LogP contribution is 2.51. The highest BCUT2D eigenvalue weighted by atomic mass is 19.1. The van der Waals surface area contributed by atoms with Crippen LogP contribution in [0.15, 0.2) is 63.3 Å². The van der Waals surface area contributed by atoms with E-state index in [2.05, 4.69) is 11.1 Å². The summed E-state index contributed by atoms with van der Waals surface area (Å²) in [4.78, 5) is 4.42. The zero-order chi connectivity index (χ0) is 18.3. The van der Waals surface area contributed by atoms with Crippen LogP contribution in [-0.2, 0) is 0 Å². The van der Waals surface area contributed by atoms with Gasteiger partial charge < -0.3 is 5.73 Å². The molecule has 5 heteroatoms. The molecule has 0 fully saturated rings. The van der Waals surface area contributed by atoms with Crippen LogP contribution in [0.4, 0.5) is 4.39 Å². The molecule has 1 aliphatic heterocycles. The molecule has 1 aromatic carbocycles. The Morgan fingerprint density at radius 2 is 1.85 bits per heavy atom. The van der Waals surface area contributed by atoms with Crippen molar-refractivity contribution in [3.8, 4) is 12.1 Å². The number of hydrogen-bond acceptors (Lipinski definition) is 4. The van der Waals surface area contributed by atoms with Gasteiger partial charge >= 0.3 is 0 Å². The zero-order valence-electron chi connectivity index (χ0n) is 14.2. The third kappa shape index (κ3) is 2.36. The van der Waals surface area contributed by atoms with Crippen LogP contribution in [0.5, 0.6) is 0 Å². The maximum Gasteiger partial charge on any atom is 0.142 e. The lowest BCUT2D eigenvalue weighted by Gasteiger charge is -2.38. The third-order valence-electron chi connectivity index (χ3n) is 5.46. The number of nitriles is 2. The molecule has 2 N–H and O–H groups in total. The molecule has 1 aromatic rings. The van der Waals surface area contributed by atoms with E-state index in [9.17, 15) is 14.9 Å². The number of halogens is 1. The Kier molecular flexibility index (Phi) is 3.93. The quantitative estimate of drug-likeness (QED) is 0.835. The van der Waals surface area contributed by atoms with Crippen molar-refractivity contribution < 1.29 is 4.39 Å². The van der Waals surface area contributed by atoms with Gasteiger partial charge in [0.15, 0.2) is 0 Å². The highest BCUT2D eigenvalue weighted by Gasteiger charge is 2.42. The van der Waals surface area contributed by atoms with Gasteiger partial charge in [-0.05, 0) is 49.0 Å². The van der Waals surface area contributed by atoms with Crippen LogP contribution >= 0.6 is 0 Å². The van der Waals surface area contributed by atoms with Gasteiger partial charge in [0.25, 0.3) is 0 Å². The lowest BCUT2D eigenvalue weighted by molar-refractivity contribution is 0.506. The van der Waals surface area contributed by atoms with E-state index in [-0.39, 0.29) is 28.7 Å². The molecule has 2 aliphatic carbocycles. The molecule has 0 saturated heterocycles. The maximum absolute atomic E-state index is 14.7. The van der Waals surface area contributed by atoms with E-state index >= 15 is 0 Å². The zero-order valence-corrected chi connectivity index (χ0v) is 14.2. The minimum Gasteiger partial charge on any atom is -0.383 e. The van der Waals surface area contributed by atoms with Crippen molar-refractivity contribution in [1.29, 1.82) is 10.5 Å². The number of allylic oxidation sites excluding steroid dienone is 4. The number of rotatable bonds is 1. The second-order valence-electron chi connectivity index (χ2n) is 6.81. The number of nitrogens with zero attached hydrogens (tertiary/aromatic N) is 3. The molecule has 0 radical (unpaired) electrons. The standard InChI is InChI=1S/C21H17FN4/c22-17-8-4-3-7-14(17)19-13-6-2-1-5-12(13)9-18-20(19)15(10-23)16(11-24)21(25)26-18/h3-4,7-9,19-20H,1-2,5-6H2,(H2,25,26)/t19-,20+/m1/s1. The summed E-state index contributed by atoms with van der Waals surface area (Å²) in [5.74, 6) is -1.01. The number of benzene rings is 1. The maximum atomic E-state index is 14.7. The first-order chi connectivity index (χ1) is 12.7. The molecule has 4 rings (SSSR count). The van der Waals surface area contributed by atoms with Gasteiger partial charge in [-0.25, -0.2) is 9.38 Å². The van der Waals surface area contributed by atoms with E-state index in [0.717, 1.165) is 31.3 Å². The first kappa shape index (κ1) is 16.3. The van der Waals surface area contributed by atoms with E-state index in [4.69, 9.17) is 5.73 Å². The molecule has 3 aliphatic rings. The molecular formula is C21H17FN4. The normalized spacial score (nSPS) is 24.7. The summed E-state index contributed by atoms with van der Waals surface area (Å²) in [7, 11) is 0. The molecule has 0 spiro atoms. The monoisotopic (exact) mass is 344 g/mol. The Morgan fingerprint density at radius 3 is 2.58 bits per heavy atom. The number of fused-ring (bicyclic) bond motifs is 1. The number of aliphatic imine (C=N–C) groups is 1. The summed E-state index contributed by atoms with van der Waals surface area (Å²) in [6.45, 7) is 0. The van der Waals surface area contributed by atoms with Gasteiger partial charge in [-0.3, -0.25) is 0 Å². The molecule has 0 aromatic heterocycles. The molecule has 128 valence electrons. The number of dihydropyridines is 1. The van der Waals surface area contributed by atoms with Gasteiger partial charge in [0.1, 0.15) is 23.3 Å². The summed E-state index contributed by atoms with van der Waals surface area (Å²) >= 11 is 0. The fraction of sp³-hybridized carbons (Fsp3) is 0.286. The Bertz CT molecular complexity index is 998. The van der Waals surface area contributed by atoms with Crippen molar-refractivity contribution in [1.82, 2.24) is 0 Å². The van der Waals surface area contributed by atoms with Gasteiger partial charge in [-0.1, -0.05) is 23.8 Å². The fourth-order valence-electron chi connectivity index (χ4n) is 4.35. The number of amidine groups is 1. The molecular weight excluding hydrogens is 327 g/mol. The molecule has 4 nitrogen and oxygen atoms in total. The Labute approximate surface area is 151 Å². The second-order valence-corrected chi connectivity index (χ2v) is 6.81. The van der Waals surface area contributed by atoms with Crippen molar-refractivity contribution in [2.24, 2.45) is 16.6 Å². The van der Waals surface area contributed by atoms with E-state index in [1.807, 2.05) is 12.1 Å². The SMILES string of the molecule is N#CC1=C(C#N)[C@H]2C(=CC3=C(CCCC3)[C@@H]2c2ccccc2F)N=C1N. The smallest absolute Gasteiger partial charge is 0.142 e. The van der Waals surface area contributed by atoms with Crippen molar-refractivity contribution in [3.05, 3.63) is 69.7 Å². The molecule has 2 atom stereocenters. The van der Waals surface area contributed by atoms with Crippen LogP contribution in [-0.4, -0.2) is 5.84 Å². The van der Waals surface area contributed by atoms with E-state index in [1.54, 1.807) is 18.2 Å². The van der Waals surface area contributed by atoms with Gasteiger partial charge in [0, 0.05) is 11.8 Å². The van der Waals surface area contributed by atoms with Gasteiger partial charge in [0.05, 0.1) is 17.3 Å². The molecule has 26 heavy (non-hydrogen) atoms. The van der Waals surface area contributed by atoms with Gasteiger partial charge in [-0.2, -0.15) is 10.5 Å². The van der Waals surface area contributed by atoms with Gasteiger partial charge in [-0.15, -0.1) is 0 Å². The first-order valence-corrected chi connectivity index (χ1v) is 8.72. The predicted octanol–water partition coefficient (Wildman–Crippen LogP) is 4.01. The summed E-state index contributed by atoms with van der Waals surface area (Å²) in [6, 6.07) is 10.8. The summed E-state index contributed by atoms with van der Waals surface area (Å²) in [5, 5.41) is 19.2. The molecule has 0 saturated carbocycles. The van der Waals surface area contributed by atoms with E-state index in [0.29, 0.717) is 11.3 Å². The van der Waals surface area contributed by atoms with Crippen LogP contribution in [0.2, 0.25) is 0 Å². The fourth-order valence-corrected chi connectivity index (χ4v) is 4.35. The molecule has 0 unspecified atom stereocenters. The van der Waals surface area contributed by atoms with Gasteiger partial charge in [0.2, 0.25) is 0 Å². The number of hydrogen-bond donors (Lipinski definition) is 1. The lowest BCUT2D eigenvalue weighted by atomic mass is 9.66. The van der Waals surface area contributed by atoms with E-state index < -0.39 is 5.92 Å². The third-order valence-corrected chi connectivity index (χ3v) is 5.46. The van der Waals surface area contributed by atoms with Crippen molar-refractivity contribution in [3.63, 3.8) is 0 Å². The van der Waals surface area contributed by atoms with Crippen molar-refractivity contribution >= 4 is 5.84 Å². The van der Waals surface area contributed by atoms with E-state index in [1.165, 1.54) is 11.6 Å². The Hall–Kier alpha value is -3.18. The van der Waals surface area contributed by atoms with Crippen LogP contribution in [0.3, 0.4) is 0 Å².